The number of carbonyl (C=O) groups is 3. The van der Waals surface area contributed by atoms with E-state index >= 15 is 0 Å². The number of esters is 1. The number of nitrogens with one attached hydrogen (secondary N) is 2. The van der Waals surface area contributed by atoms with Gasteiger partial charge in [0.1, 0.15) is 0 Å². The van der Waals surface area contributed by atoms with Gasteiger partial charge >= 0.3 is 11.7 Å². The van der Waals surface area contributed by atoms with E-state index in [1.54, 1.807) is 48.5 Å². The zero-order valence-electron chi connectivity index (χ0n) is 20.3. The van der Waals surface area contributed by atoms with E-state index in [2.05, 4.69) is 31.8 Å². The van der Waals surface area contributed by atoms with E-state index in [1.807, 2.05) is 0 Å². The van der Waals surface area contributed by atoms with E-state index in [1.165, 1.54) is 42.5 Å². The van der Waals surface area contributed by atoms with Crippen LogP contribution in [0.3, 0.4) is 0 Å². The number of hydrogen-bond donors (Lipinski definition) is 2. The zero-order chi connectivity index (χ0) is 28.6. The van der Waals surface area contributed by atoms with Gasteiger partial charge in [-0.15, -0.1) is 0 Å². The fraction of sp³-hybridized carbons (Fsp3) is 0. The van der Waals surface area contributed by atoms with Gasteiger partial charge in [0.25, 0.3) is 11.8 Å². The van der Waals surface area contributed by atoms with Crippen LogP contribution in [-0.2, 0) is 0 Å². The van der Waals surface area contributed by atoms with E-state index in [0.717, 1.165) is 10.7 Å². The Labute approximate surface area is 240 Å². The molecule has 0 atom stereocenters. The average molecular weight is 622 g/mol. The Hall–Kier alpha value is -4.87. The molecule has 4 aromatic carbocycles. The molecule has 0 aliphatic rings. The van der Waals surface area contributed by atoms with E-state index < -0.39 is 22.5 Å². The number of amides is 2. The second-order valence-corrected chi connectivity index (χ2v) is 9.44. The molecule has 0 saturated carbocycles. The van der Waals surface area contributed by atoms with Gasteiger partial charge in [0.05, 0.1) is 16.7 Å². The summed E-state index contributed by atoms with van der Waals surface area (Å²) in [5, 5.41) is 18.6. The van der Waals surface area contributed by atoms with Crippen LogP contribution in [0.1, 0.15) is 36.6 Å². The van der Waals surface area contributed by atoms with Crippen LogP contribution < -0.4 is 15.5 Å². The Kier molecular flexibility index (Phi) is 9.00. The lowest BCUT2D eigenvalue weighted by molar-refractivity contribution is -0.385. The molecule has 200 valence electrons. The third-order valence-electron chi connectivity index (χ3n) is 5.38. The molecule has 0 heterocycles. The van der Waals surface area contributed by atoms with Gasteiger partial charge in [-0.1, -0.05) is 33.6 Å². The number of nitro benzene ring substituents is 1. The molecular formula is C28H18BrClN4O6. The number of hydrazone groups is 1. The zero-order valence-corrected chi connectivity index (χ0v) is 22.7. The van der Waals surface area contributed by atoms with E-state index in [9.17, 15) is 24.5 Å². The normalized spacial score (nSPS) is 10.7. The molecule has 0 spiro atoms. The first-order chi connectivity index (χ1) is 19.2. The number of carbonyl (C=O) groups excluding carboxylic acids is 3. The Morgan fingerprint density at radius 2 is 1.45 bits per heavy atom. The highest BCUT2D eigenvalue weighted by Crippen LogP contribution is 2.31. The summed E-state index contributed by atoms with van der Waals surface area (Å²) in [6.07, 6.45) is 1.13. The maximum atomic E-state index is 12.6. The van der Waals surface area contributed by atoms with E-state index in [4.69, 9.17) is 16.3 Å². The SMILES string of the molecule is O=C(N/N=C/c1cccc([N+](=O)[O-])c1OC(=O)c1ccc(Br)cc1)c1ccc(NC(=O)c2ccc(Cl)cc2)cc1. The molecule has 0 aliphatic carbocycles. The van der Waals surface area contributed by atoms with E-state index in [0.29, 0.717) is 16.3 Å². The first kappa shape index (κ1) is 28.1. The second kappa shape index (κ2) is 12.8. The third-order valence-corrected chi connectivity index (χ3v) is 6.16. The van der Waals surface area contributed by atoms with Gasteiger partial charge in [-0.3, -0.25) is 19.7 Å². The summed E-state index contributed by atoms with van der Waals surface area (Å²) >= 11 is 9.11. The number of hydrogen-bond acceptors (Lipinski definition) is 7. The number of nitro groups is 1. The summed E-state index contributed by atoms with van der Waals surface area (Å²) in [6, 6.07) is 22.8. The number of nitrogens with zero attached hydrogens (tertiary/aromatic N) is 2. The molecule has 0 saturated heterocycles. The van der Waals surface area contributed by atoms with Crippen molar-refractivity contribution in [1.82, 2.24) is 5.43 Å². The van der Waals surface area contributed by atoms with Crippen molar-refractivity contribution in [2.24, 2.45) is 5.10 Å². The van der Waals surface area contributed by atoms with Crippen LogP contribution in [0.15, 0.2) is 101 Å². The molecule has 10 nitrogen and oxygen atoms in total. The molecule has 4 aromatic rings. The maximum Gasteiger partial charge on any atom is 0.343 e. The second-order valence-electron chi connectivity index (χ2n) is 8.09. The van der Waals surface area contributed by atoms with Crippen molar-refractivity contribution in [3.8, 4) is 5.75 Å². The van der Waals surface area contributed by atoms with Gasteiger partial charge in [0.15, 0.2) is 0 Å². The fourth-order valence-corrected chi connectivity index (χ4v) is 3.76. The molecule has 2 N–H and O–H groups in total. The van der Waals surface area contributed by atoms with Gasteiger partial charge < -0.3 is 10.1 Å². The van der Waals surface area contributed by atoms with Crippen LogP contribution in [-0.4, -0.2) is 28.9 Å². The largest absolute Gasteiger partial charge is 0.415 e. The first-order valence-corrected chi connectivity index (χ1v) is 12.6. The highest BCUT2D eigenvalue weighted by molar-refractivity contribution is 9.10. The minimum atomic E-state index is -0.802. The predicted molar refractivity (Wildman–Crippen MR) is 153 cm³/mol. The topological polar surface area (TPSA) is 140 Å². The van der Waals surface area contributed by atoms with Crippen molar-refractivity contribution < 1.29 is 24.0 Å². The minimum absolute atomic E-state index is 0.0974. The lowest BCUT2D eigenvalue weighted by Gasteiger charge is -2.08. The molecule has 12 heteroatoms. The van der Waals surface area contributed by atoms with Crippen LogP contribution >= 0.6 is 27.5 Å². The molecule has 0 radical (unpaired) electrons. The summed E-state index contributed by atoms with van der Waals surface area (Å²) in [5.74, 6) is -2.04. The smallest absolute Gasteiger partial charge is 0.343 e. The molecular weight excluding hydrogens is 604 g/mol. The van der Waals surface area contributed by atoms with Gasteiger partial charge in [0.2, 0.25) is 5.75 Å². The standard InChI is InChI=1S/C28H18BrClN4O6/c29-21-10-4-19(5-11-21)28(37)40-25-20(2-1-3-24(25)34(38)39)16-31-33-27(36)18-8-14-23(15-9-18)32-26(35)17-6-12-22(30)13-7-17/h1-16H,(H,32,35)(H,33,36)/b31-16+. The van der Waals surface area contributed by atoms with Crippen LogP contribution in [0.4, 0.5) is 11.4 Å². The van der Waals surface area contributed by atoms with Gasteiger partial charge in [-0.05, 0) is 78.9 Å². The Balaban J connectivity index is 1.43. The summed E-state index contributed by atoms with van der Waals surface area (Å²) in [6.45, 7) is 0. The molecule has 0 fully saturated rings. The quantitative estimate of drug-likeness (QED) is 0.0784. The van der Waals surface area contributed by atoms with Crippen molar-refractivity contribution in [2.45, 2.75) is 0 Å². The van der Waals surface area contributed by atoms with Gasteiger partial charge in [-0.2, -0.15) is 5.10 Å². The summed E-state index contributed by atoms with van der Waals surface area (Å²) in [4.78, 5) is 48.4. The molecule has 40 heavy (non-hydrogen) atoms. The monoisotopic (exact) mass is 620 g/mol. The lowest BCUT2D eigenvalue weighted by atomic mass is 10.1. The molecule has 0 aliphatic heterocycles. The van der Waals surface area contributed by atoms with Crippen LogP contribution in [0, 0.1) is 10.1 Å². The number of para-hydroxylation sites is 1. The summed E-state index contributed by atoms with van der Waals surface area (Å²) in [7, 11) is 0. The number of benzene rings is 4. The third kappa shape index (κ3) is 7.16. The molecule has 4 rings (SSSR count). The fourth-order valence-electron chi connectivity index (χ4n) is 3.37. The number of halogens is 2. The van der Waals surface area contributed by atoms with E-state index in [-0.39, 0.29) is 28.3 Å². The first-order valence-electron chi connectivity index (χ1n) is 11.5. The van der Waals surface area contributed by atoms with Gasteiger partial charge in [-0.25, -0.2) is 10.2 Å². The predicted octanol–water partition coefficient (Wildman–Crippen LogP) is 6.25. The Morgan fingerprint density at radius 1 is 0.850 bits per heavy atom. The summed E-state index contributed by atoms with van der Waals surface area (Å²) in [5.41, 5.74) is 3.28. The molecule has 0 unspecified atom stereocenters. The highest BCUT2D eigenvalue weighted by Gasteiger charge is 2.22. The van der Waals surface area contributed by atoms with Crippen molar-refractivity contribution in [3.63, 3.8) is 0 Å². The average Bonchev–Trinajstić information content (AvgIpc) is 2.94. The lowest BCUT2D eigenvalue weighted by Crippen LogP contribution is -2.18. The molecule has 0 bridgehead atoms. The Bertz CT molecular complexity index is 1610. The van der Waals surface area contributed by atoms with Crippen molar-refractivity contribution in [3.05, 3.63) is 133 Å². The number of rotatable bonds is 8. The summed E-state index contributed by atoms with van der Waals surface area (Å²) < 4.78 is 6.09. The molecule has 0 aromatic heterocycles. The minimum Gasteiger partial charge on any atom is -0.415 e. The molecule has 2 amide bonds. The van der Waals surface area contributed by atoms with Crippen molar-refractivity contribution in [1.29, 1.82) is 0 Å². The highest BCUT2D eigenvalue weighted by atomic mass is 79.9. The maximum absolute atomic E-state index is 12.6. The van der Waals surface area contributed by atoms with Crippen LogP contribution in [0.2, 0.25) is 5.02 Å². The van der Waals surface area contributed by atoms with Crippen LogP contribution in [0.5, 0.6) is 5.75 Å². The Morgan fingerprint density at radius 3 is 2.10 bits per heavy atom. The number of anilines is 1. The number of ether oxygens (including phenoxy) is 1. The van der Waals surface area contributed by atoms with Crippen molar-refractivity contribution in [2.75, 3.05) is 5.32 Å². The van der Waals surface area contributed by atoms with Crippen molar-refractivity contribution >= 4 is 62.9 Å². The van der Waals surface area contributed by atoms with Crippen LogP contribution in [0.25, 0.3) is 0 Å². The van der Waals surface area contributed by atoms with Gasteiger partial charge in [0, 0.05) is 37.9 Å².